The first-order valence-corrected chi connectivity index (χ1v) is 20.3. The molecule has 2 atom stereocenters. The van der Waals surface area contributed by atoms with E-state index >= 15 is 0 Å². The number of hydrogen-bond donors (Lipinski definition) is 0. The normalized spacial score (nSPS) is 12.0. The Kier molecular flexibility index (Phi) is 37.2. The van der Waals surface area contributed by atoms with Crippen LogP contribution < -0.4 is 0 Å². The predicted octanol–water partition coefficient (Wildman–Crippen LogP) is 12.8. The van der Waals surface area contributed by atoms with Crippen LogP contribution in [0.4, 0.5) is 0 Å². The van der Waals surface area contributed by atoms with Gasteiger partial charge in [-0.05, 0) is 12.8 Å². The molecule has 0 saturated heterocycles. The van der Waals surface area contributed by atoms with Gasteiger partial charge in [0, 0.05) is 22.3 Å². The van der Waals surface area contributed by atoms with Gasteiger partial charge in [-0.3, -0.25) is 9.59 Å². The third-order valence-electron chi connectivity index (χ3n) is 8.98. The molecule has 0 aliphatic carbocycles. The first-order chi connectivity index (χ1) is 22.1. The largest absolute Gasteiger partial charge is 0.462 e. The lowest BCUT2D eigenvalue weighted by atomic mass is 10.0. The maximum absolute atomic E-state index is 12.3. The van der Waals surface area contributed by atoms with Crippen molar-refractivity contribution in [2.45, 2.75) is 225 Å². The Morgan fingerprint density at radius 3 is 1.02 bits per heavy atom. The summed E-state index contributed by atoms with van der Waals surface area (Å²) in [5, 5.41) is 0. The van der Waals surface area contributed by atoms with E-state index in [1.54, 1.807) is 0 Å². The van der Waals surface area contributed by atoms with Gasteiger partial charge in [0.2, 0.25) is 0 Å². The Labute approximate surface area is 283 Å². The molecule has 6 heteroatoms. The Hall–Kier alpha value is -0.670. The molecule has 45 heavy (non-hydrogen) atoms. The quantitative estimate of drug-likeness (QED) is 0.0378. The van der Waals surface area contributed by atoms with Crippen LogP contribution in [0.5, 0.6) is 0 Å². The van der Waals surface area contributed by atoms with E-state index in [1.165, 1.54) is 167 Å². The van der Waals surface area contributed by atoms with Crippen molar-refractivity contribution in [2.75, 3.05) is 13.2 Å². The molecule has 0 spiro atoms. The summed E-state index contributed by atoms with van der Waals surface area (Å²) in [7, 11) is 2.18. The van der Waals surface area contributed by atoms with Crippen molar-refractivity contribution in [2.24, 2.45) is 0 Å². The van der Waals surface area contributed by atoms with Gasteiger partial charge in [-0.25, -0.2) is 0 Å². The van der Waals surface area contributed by atoms with Gasteiger partial charge in [-0.1, -0.05) is 194 Å². The van der Waals surface area contributed by atoms with Crippen LogP contribution in [0.2, 0.25) is 0 Å². The molecule has 0 aromatic carbocycles. The molecule has 0 aliphatic rings. The van der Waals surface area contributed by atoms with Crippen LogP contribution in [0, 0.1) is 0 Å². The fourth-order valence-electron chi connectivity index (χ4n) is 6.01. The molecular formula is C39H77O5P. The van der Waals surface area contributed by atoms with Crippen LogP contribution in [-0.4, -0.2) is 31.3 Å². The average molecular weight is 657 g/mol. The van der Waals surface area contributed by atoms with Gasteiger partial charge in [0.1, 0.15) is 6.61 Å². The second-order valence-electron chi connectivity index (χ2n) is 13.5. The molecule has 0 saturated carbocycles. The van der Waals surface area contributed by atoms with Crippen molar-refractivity contribution in [3.8, 4) is 0 Å². The smallest absolute Gasteiger partial charge is 0.306 e. The maximum atomic E-state index is 12.3. The summed E-state index contributed by atoms with van der Waals surface area (Å²) in [5.74, 6) is -0.438. The zero-order chi connectivity index (χ0) is 32.9. The minimum Gasteiger partial charge on any atom is -0.462 e. The van der Waals surface area contributed by atoms with Gasteiger partial charge in [0.15, 0.2) is 6.10 Å². The molecular weight excluding hydrogens is 579 g/mol. The van der Waals surface area contributed by atoms with Crippen LogP contribution in [0.3, 0.4) is 0 Å². The summed E-state index contributed by atoms with van der Waals surface area (Å²) < 4.78 is 16.0. The molecule has 0 amide bonds. The van der Waals surface area contributed by atoms with Gasteiger partial charge in [-0.2, -0.15) is 0 Å². The Morgan fingerprint density at radius 2 is 0.711 bits per heavy atom. The van der Waals surface area contributed by atoms with E-state index < -0.39 is 6.10 Å². The van der Waals surface area contributed by atoms with E-state index in [0.717, 1.165) is 25.7 Å². The van der Waals surface area contributed by atoms with Crippen LogP contribution in [0.15, 0.2) is 0 Å². The number of ether oxygens (including phenoxy) is 2. The monoisotopic (exact) mass is 657 g/mol. The Balaban J connectivity index is 3.59. The number of rotatable bonds is 37. The first-order valence-electron chi connectivity index (χ1n) is 19.8. The first kappa shape index (κ1) is 44.3. The number of esters is 2. The minimum atomic E-state index is -0.545. The summed E-state index contributed by atoms with van der Waals surface area (Å²) in [6.07, 6.45) is 39.4. The molecule has 0 rings (SSSR count). The van der Waals surface area contributed by atoms with E-state index in [0.29, 0.717) is 12.8 Å². The number of hydrogen-bond acceptors (Lipinski definition) is 5. The van der Waals surface area contributed by atoms with E-state index in [4.69, 9.17) is 14.0 Å². The highest BCUT2D eigenvalue weighted by Gasteiger charge is 2.17. The molecule has 0 radical (unpaired) electrons. The lowest BCUT2D eigenvalue weighted by molar-refractivity contribution is -0.160. The van der Waals surface area contributed by atoms with Gasteiger partial charge in [0.25, 0.3) is 0 Å². The summed E-state index contributed by atoms with van der Waals surface area (Å²) >= 11 is 0. The standard InChI is InChI=1S/C39H77O5P/c1-3-5-7-9-11-13-15-17-19-21-23-25-27-29-31-33-38(40)42-35-37(36-43-45)44-39(41)34-32-30-28-26-24-22-20-18-16-14-12-10-8-6-4-2/h37H,3-36,45H2,1-2H3. The van der Waals surface area contributed by atoms with Gasteiger partial charge < -0.3 is 14.0 Å². The van der Waals surface area contributed by atoms with E-state index in [2.05, 4.69) is 23.3 Å². The Morgan fingerprint density at radius 1 is 0.422 bits per heavy atom. The van der Waals surface area contributed by atoms with Crippen molar-refractivity contribution in [3.63, 3.8) is 0 Å². The van der Waals surface area contributed by atoms with Crippen LogP contribution in [-0.2, 0) is 23.6 Å². The minimum absolute atomic E-state index is 0.0660. The molecule has 0 aromatic rings. The SMILES string of the molecule is CCCCCCCCCCCCCCCCCC(=O)OCC(COP)OC(=O)CCCCCCCCCCCCCCCCC. The van der Waals surface area contributed by atoms with Crippen molar-refractivity contribution in [1.29, 1.82) is 0 Å². The van der Waals surface area contributed by atoms with E-state index in [1.807, 2.05) is 0 Å². The molecule has 0 heterocycles. The summed E-state index contributed by atoms with van der Waals surface area (Å²) in [6.45, 7) is 4.83. The highest BCUT2D eigenvalue weighted by Crippen LogP contribution is 2.16. The van der Waals surface area contributed by atoms with E-state index in [9.17, 15) is 9.59 Å². The molecule has 0 N–H and O–H groups in total. The zero-order valence-electron chi connectivity index (χ0n) is 30.2. The van der Waals surface area contributed by atoms with E-state index in [-0.39, 0.29) is 25.2 Å². The topological polar surface area (TPSA) is 61.8 Å². The maximum Gasteiger partial charge on any atom is 0.306 e. The molecule has 2 unspecified atom stereocenters. The van der Waals surface area contributed by atoms with Gasteiger partial charge >= 0.3 is 11.9 Å². The number of carbonyl (C=O) groups is 2. The highest BCUT2D eigenvalue weighted by atomic mass is 31.0. The molecule has 0 aliphatic heterocycles. The second-order valence-corrected chi connectivity index (χ2v) is 13.9. The predicted molar refractivity (Wildman–Crippen MR) is 196 cm³/mol. The molecule has 268 valence electrons. The van der Waals surface area contributed by atoms with Gasteiger partial charge in [-0.15, -0.1) is 0 Å². The molecule has 0 bridgehead atoms. The lowest BCUT2D eigenvalue weighted by Gasteiger charge is -2.17. The Bertz CT molecular complexity index is 614. The highest BCUT2D eigenvalue weighted by molar-refractivity contribution is 7.09. The summed E-state index contributed by atoms with van der Waals surface area (Å²) in [5.41, 5.74) is 0. The second kappa shape index (κ2) is 37.8. The van der Waals surface area contributed by atoms with Crippen LogP contribution in [0.25, 0.3) is 0 Å². The van der Waals surface area contributed by atoms with Gasteiger partial charge in [0.05, 0.1) is 6.61 Å². The molecule has 0 aromatic heterocycles. The third kappa shape index (κ3) is 36.0. The van der Waals surface area contributed by atoms with Crippen molar-refractivity contribution in [1.82, 2.24) is 0 Å². The fraction of sp³-hybridized carbons (Fsp3) is 0.949. The number of carbonyl (C=O) groups excluding carboxylic acids is 2. The summed E-state index contributed by atoms with van der Waals surface area (Å²) in [6, 6.07) is 0. The number of unbranched alkanes of at least 4 members (excludes halogenated alkanes) is 28. The van der Waals surface area contributed by atoms with Crippen molar-refractivity contribution in [3.05, 3.63) is 0 Å². The average Bonchev–Trinajstić information content (AvgIpc) is 3.03. The van der Waals surface area contributed by atoms with Crippen LogP contribution >= 0.6 is 9.47 Å². The molecule has 0 fully saturated rings. The lowest BCUT2D eigenvalue weighted by Crippen LogP contribution is -2.28. The third-order valence-corrected chi connectivity index (χ3v) is 9.17. The molecule has 5 nitrogen and oxygen atoms in total. The zero-order valence-corrected chi connectivity index (χ0v) is 31.4. The van der Waals surface area contributed by atoms with Crippen LogP contribution in [0.1, 0.15) is 219 Å². The summed E-state index contributed by atoms with van der Waals surface area (Å²) in [4.78, 5) is 24.5. The fourth-order valence-corrected chi connectivity index (χ4v) is 6.22. The van der Waals surface area contributed by atoms with Crippen molar-refractivity contribution < 1.29 is 23.6 Å². The van der Waals surface area contributed by atoms with Crippen molar-refractivity contribution >= 4 is 21.4 Å².